The van der Waals surface area contributed by atoms with E-state index in [0.717, 1.165) is 0 Å². The standard InChI is InChI=1S/C22H38N10O7/c23-6-2-1-4-15(21(38)39)31-20(37)16(9-17(33)34)32-19(36)14(5-3-7-28-22(25)26)30-18(35)13(24)8-12-10-27-11-29-12/h10-11,13-16H,1-9,23-24H2,(H,27,29)(H,30,35)(H,31,37)(H,32,36)(H,33,34)(H,38,39)(H4,25,26,28). The molecular formula is C22H38N10O7. The molecule has 0 bridgehead atoms. The first kappa shape index (κ1) is 32.8. The second-order valence-corrected chi connectivity index (χ2v) is 8.74. The van der Waals surface area contributed by atoms with Gasteiger partial charge < -0.3 is 54.1 Å². The molecular weight excluding hydrogens is 516 g/mol. The topological polar surface area (TPSA) is 307 Å². The van der Waals surface area contributed by atoms with Crippen molar-refractivity contribution in [2.45, 2.75) is 69.1 Å². The molecule has 39 heavy (non-hydrogen) atoms. The van der Waals surface area contributed by atoms with Crippen LogP contribution in [0.25, 0.3) is 0 Å². The van der Waals surface area contributed by atoms with Gasteiger partial charge in [0.2, 0.25) is 17.7 Å². The Kier molecular flexibility index (Phi) is 14.5. The van der Waals surface area contributed by atoms with Crippen LogP contribution in [0.4, 0.5) is 0 Å². The highest BCUT2D eigenvalue weighted by atomic mass is 16.4. The van der Waals surface area contributed by atoms with Gasteiger partial charge in [0.05, 0.1) is 18.8 Å². The quantitative estimate of drug-likeness (QED) is 0.0452. The second-order valence-electron chi connectivity index (χ2n) is 8.74. The molecule has 0 saturated heterocycles. The van der Waals surface area contributed by atoms with E-state index in [1.54, 1.807) is 0 Å². The number of carbonyl (C=O) groups excluding carboxylic acids is 3. The number of hydrogen-bond acceptors (Lipinski definition) is 9. The highest BCUT2D eigenvalue weighted by molar-refractivity contribution is 5.95. The zero-order chi connectivity index (χ0) is 29.4. The number of nitrogens with two attached hydrogens (primary N) is 4. The highest BCUT2D eigenvalue weighted by Gasteiger charge is 2.31. The number of rotatable bonds is 19. The number of aromatic amines is 1. The van der Waals surface area contributed by atoms with Gasteiger partial charge in [-0.25, -0.2) is 9.78 Å². The van der Waals surface area contributed by atoms with E-state index >= 15 is 0 Å². The summed E-state index contributed by atoms with van der Waals surface area (Å²) < 4.78 is 0. The van der Waals surface area contributed by atoms with Gasteiger partial charge in [0.15, 0.2) is 5.96 Å². The summed E-state index contributed by atoms with van der Waals surface area (Å²) in [6.45, 7) is 0.462. The Morgan fingerprint density at radius 3 is 2.10 bits per heavy atom. The molecule has 17 nitrogen and oxygen atoms in total. The number of aromatic nitrogens is 2. The summed E-state index contributed by atoms with van der Waals surface area (Å²) in [6.07, 6.45) is 3.42. The number of carboxylic acid groups (broad SMARTS) is 2. The Balaban J connectivity index is 2.99. The van der Waals surface area contributed by atoms with Crippen LogP contribution in [0.2, 0.25) is 0 Å². The predicted molar refractivity (Wildman–Crippen MR) is 139 cm³/mol. The first-order valence-corrected chi connectivity index (χ1v) is 12.3. The fourth-order valence-electron chi connectivity index (χ4n) is 3.46. The number of nitrogens with zero attached hydrogens (tertiary/aromatic N) is 2. The Labute approximate surface area is 224 Å². The van der Waals surface area contributed by atoms with E-state index in [-0.39, 0.29) is 38.2 Å². The van der Waals surface area contributed by atoms with E-state index < -0.39 is 60.2 Å². The lowest BCUT2D eigenvalue weighted by Crippen LogP contribution is -2.57. The second kappa shape index (κ2) is 17.3. The maximum absolute atomic E-state index is 13.1. The number of H-pyrrole nitrogens is 1. The molecule has 218 valence electrons. The normalized spacial score (nSPS) is 13.8. The zero-order valence-electron chi connectivity index (χ0n) is 21.5. The van der Waals surface area contributed by atoms with Crippen molar-refractivity contribution in [3.63, 3.8) is 0 Å². The van der Waals surface area contributed by atoms with Gasteiger partial charge in [0.25, 0.3) is 0 Å². The van der Waals surface area contributed by atoms with Crippen LogP contribution >= 0.6 is 0 Å². The van der Waals surface area contributed by atoms with Crippen LogP contribution < -0.4 is 38.9 Å². The third-order valence-corrected chi connectivity index (χ3v) is 5.48. The number of nitrogens with one attached hydrogen (secondary N) is 4. The molecule has 14 N–H and O–H groups in total. The smallest absolute Gasteiger partial charge is 0.326 e. The molecule has 0 aliphatic rings. The molecule has 0 aromatic carbocycles. The molecule has 0 radical (unpaired) electrons. The third-order valence-electron chi connectivity index (χ3n) is 5.48. The summed E-state index contributed by atoms with van der Waals surface area (Å²) in [4.78, 5) is 72.0. The maximum Gasteiger partial charge on any atom is 0.326 e. The molecule has 4 unspecified atom stereocenters. The van der Waals surface area contributed by atoms with Crippen molar-refractivity contribution in [1.82, 2.24) is 25.9 Å². The van der Waals surface area contributed by atoms with Gasteiger partial charge >= 0.3 is 11.9 Å². The monoisotopic (exact) mass is 554 g/mol. The summed E-state index contributed by atoms with van der Waals surface area (Å²) in [5.41, 5.74) is 22.6. The highest BCUT2D eigenvalue weighted by Crippen LogP contribution is 2.06. The molecule has 0 fully saturated rings. The minimum absolute atomic E-state index is 0.0172. The molecule has 1 rings (SSSR count). The van der Waals surface area contributed by atoms with Gasteiger partial charge in [-0.1, -0.05) is 0 Å². The third kappa shape index (κ3) is 13.2. The number of aliphatic imine (C=N–C) groups is 1. The minimum Gasteiger partial charge on any atom is -0.481 e. The van der Waals surface area contributed by atoms with Crippen molar-refractivity contribution in [2.75, 3.05) is 13.1 Å². The van der Waals surface area contributed by atoms with E-state index in [1.807, 2.05) is 0 Å². The average Bonchev–Trinajstić information content (AvgIpc) is 3.37. The fraction of sp³-hybridized carbons (Fsp3) is 0.591. The first-order chi connectivity index (χ1) is 18.4. The Hall–Kier alpha value is -4.25. The van der Waals surface area contributed by atoms with E-state index in [4.69, 9.17) is 22.9 Å². The number of unbranched alkanes of at least 4 members (excludes halogenated alkanes) is 1. The van der Waals surface area contributed by atoms with Crippen molar-refractivity contribution < 1.29 is 34.2 Å². The number of carboxylic acids is 2. The molecule has 0 aliphatic carbocycles. The van der Waals surface area contributed by atoms with Crippen molar-refractivity contribution in [3.8, 4) is 0 Å². The van der Waals surface area contributed by atoms with Crippen LogP contribution in [0.3, 0.4) is 0 Å². The summed E-state index contributed by atoms with van der Waals surface area (Å²) in [5, 5.41) is 25.7. The predicted octanol–water partition coefficient (Wildman–Crippen LogP) is -3.52. The van der Waals surface area contributed by atoms with Gasteiger partial charge in [-0.3, -0.25) is 24.2 Å². The summed E-state index contributed by atoms with van der Waals surface area (Å²) >= 11 is 0. The minimum atomic E-state index is -1.62. The largest absolute Gasteiger partial charge is 0.481 e. The maximum atomic E-state index is 13.1. The zero-order valence-corrected chi connectivity index (χ0v) is 21.5. The van der Waals surface area contributed by atoms with E-state index in [9.17, 15) is 34.2 Å². The van der Waals surface area contributed by atoms with Gasteiger partial charge in [-0.05, 0) is 38.6 Å². The molecule has 1 heterocycles. The van der Waals surface area contributed by atoms with Crippen LogP contribution in [-0.2, 0) is 30.4 Å². The van der Waals surface area contributed by atoms with Crippen molar-refractivity contribution >= 4 is 35.6 Å². The Morgan fingerprint density at radius 1 is 0.923 bits per heavy atom. The van der Waals surface area contributed by atoms with Crippen LogP contribution in [0, 0.1) is 0 Å². The van der Waals surface area contributed by atoms with Gasteiger partial charge in [-0.15, -0.1) is 0 Å². The van der Waals surface area contributed by atoms with E-state index in [1.165, 1.54) is 12.5 Å². The number of carbonyl (C=O) groups is 5. The molecule has 3 amide bonds. The lowest BCUT2D eigenvalue weighted by Gasteiger charge is -2.24. The molecule has 17 heteroatoms. The molecule has 1 aromatic rings. The van der Waals surface area contributed by atoms with Crippen LogP contribution in [-0.4, -0.2) is 93.1 Å². The van der Waals surface area contributed by atoms with Gasteiger partial charge in [0.1, 0.15) is 18.1 Å². The number of hydrogen-bond donors (Lipinski definition) is 10. The SMILES string of the molecule is NCCCCC(NC(=O)C(CC(=O)O)NC(=O)C(CCCN=C(N)N)NC(=O)C(N)Cc1cnc[nH]1)C(=O)O. The molecule has 0 spiro atoms. The lowest BCUT2D eigenvalue weighted by molar-refractivity contribution is -0.143. The molecule has 0 saturated carbocycles. The van der Waals surface area contributed by atoms with Crippen molar-refractivity contribution in [2.24, 2.45) is 27.9 Å². The average molecular weight is 555 g/mol. The molecule has 0 aliphatic heterocycles. The van der Waals surface area contributed by atoms with Crippen LogP contribution in [0.15, 0.2) is 17.5 Å². The molecule has 4 atom stereocenters. The lowest BCUT2D eigenvalue weighted by atomic mass is 10.1. The van der Waals surface area contributed by atoms with Crippen molar-refractivity contribution in [3.05, 3.63) is 18.2 Å². The van der Waals surface area contributed by atoms with Crippen LogP contribution in [0.5, 0.6) is 0 Å². The Morgan fingerprint density at radius 2 is 1.54 bits per heavy atom. The van der Waals surface area contributed by atoms with Gasteiger partial charge in [-0.2, -0.15) is 0 Å². The van der Waals surface area contributed by atoms with E-state index in [2.05, 4.69) is 30.9 Å². The number of amides is 3. The summed E-state index contributed by atoms with van der Waals surface area (Å²) in [7, 11) is 0. The number of aliphatic carboxylic acids is 2. The summed E-state index contributed by atoms with van der Waals surface area (Å²) in [6, 6.07) is -5.22. The van der Waals surface area contributed by atoms with E-state index in [0.29, 0.717) is 25.1 Å². The van der Waals surface area contributed by atoms with Crippen molar-refractivity contribution in [1.29, 1.82) is 0 Å². The number of guanidine groups is 1. The molecule has 1 aromatic heterocycles. The summed E-state index contributed by atoms with van der Waals surface area (Å²) in [5.74, 6) is -5.47. The fourth-order valence-corrected chi connectivity index (χ4v) is 3.46. The first-order valence-electron chi connectivity index (χ1n) is 12.3. The van der Waals surface area contributed by atoms with Gasteiger partial charge in [0, 0.05) is 24.9 Å². The Bertz CT molecular complexity index is 982. The number of imidazole rings is 1. The van der Waals surface area contributed by atoms with Crippen LogP contribution in [0.1, 0.15) is 44.2 Å².